The molecule has 0 amide bonds. The van der Waals surface area contributed by atoms with Crippen molar-refractivity contribution in [2.24, 2.45) is 14.1 Å². The van der Waals surface area contributed by atoms with E-state index in [9.17, 15) is 0 Å². The molecule has 3 aliphatic rings. The molecular weight excluding hydrogens is 378 g/mol. The van der Waals surface area contributed by atoms with E-state index in [0.717, 1.165) is 25.0 Å². The van der Waals surface area contributed by atoms with Gasteiger partial charge in [-0.15, -0.1) is 20.4 Å². The molecule has 3 saturated heterocycles. The normalized spacial score (nSPS) is 22.6. The third kappa shape index (κ3) is 5.25. The number of rotatable bonds is 3. The summed E-state index contributed by atoms with van der Waals surface area (Å²) in [6, 6.07) is 0.812. The number of aromatic nitrogens is 6. The molecule has 9 nitrogen and oxygen atoms in total. The zero-order valence-electron chi connectivity index (χ0n) is 18.5. The van der Waals surface area contributed by atoms with Crippen LogP contribution in [-0.4, -0.2) is 79.7 Å². The predicted molar refractivity (Wildman–Crippen MR) is 116 cm³/mol. The van der Waals surface area contributed by atoms with Gasteiger partial charge < -0.3 is 24.7 Å². The van der Waals surface area contributed by atoms with Crippen LogP contribution in [0, 0.1) is 0 Å². The van der Waals surface area contributed by atoms with E-state index in [2.05, 4.69) is 47.5 Å². The molecular formula is C21H37N9. The van der Waals surface area contributed by atoms with E-state index in [-0.39, 0.29) is 0 Å². The highest BCUT2D eigenvalue weighted by Gasteiger charge is 2.28. The average Bonchev–Trinajstić information content (AvgIpc) is 3.43. The quantitative estimate of drug-likeness (QED) is 0.774. The first-order valence-corrected chi connectivity index (χ1v) is 11.6. The van der Waals surface area contributed by atoms with Crippen LogP contribution >= 0.6 is 0 Å². The maximum atomic E-state index is 4.26. The highest BCUT2D eigenvalue weighted by atomic mass is 15.3. The molecule has 0 radical (unpaired) electrons. The van der Waals surface area contributed by atoms with E-state index in [0.29, 0.717) is 11.8 Å². The zero-order valence-corrected chi connectivity index (χ0v) is 18.5. The zero-order chi connectivity index (χ0) is 20.8. The van der Waals surface area contributed by atoms with Crippen molar-refractivity contribution < 1.29 is 0 Å². The first-order valence-electron chi connectivity index (χ1n) is 11.6. The van der Waals surface area contributed by atoms with Crippen molar-refractivity contribution in [1.29, 1.82) is 0 Å². The summed E-state index contributed by atoms with van der Waals surface area (Å²) in [5.41, 5.74) is 0. The van der Waals surface area contributed by atoms with Gasteiger partial charge in [0.05, 0.1) is 0 Å². The lowest BCUT2D eigenvalue weighted by Crippen LogP contribution is -2.46. The molecule has 2 aromatic rings. The number of nitrogens with zero attached hydrogens (tertiary/aromatic N) is 7. The fraction of sp³-hybridized carbons (Fsp3) is 0.810. The Labute approximate surface area is 179 Å². The van der Waals surface area contributed by atoms with Crippen LogP contribution in [0.15, 0.2) is 12.7 Å². The van der Waals surface area contributed by atoms with Crippen LogP contribution in [0.1, 0.15) is 62.0 Å². The number of nitrogens with one attached hydrogen (secondary N) is 2. The Hall–Kier alpha value is -1.84. The number of hydrogen-bond acceptors (Lipinski definition) is 7. The first kappa shape index (κ1) is 21.4. The van der Waals surface area contributed by atoms with Gasteiger partial charge in [0.15, 0.2) is 0 Å². The molecule has 2 aromatic heterocycles. The first-order chi connectivity index (χ1) is 14.7. The topological polar surface area (TPSA) is 88.7 Å². The third-order valence-electron chi connectivity index (χ3n) is 6.92. The Kier molecular flexibility index (Phi) is 7.46. The smallest absolute Gasteiger partial charge is 0.135 e. The van der Waals surface area contributed by atoms with Crippen molar-refractivity contribution in [2.45, 2.75) is 56.4 Å². The molecule has 166 valence electrons. The highest BCUT2D eigenvalue weighted by Crippen LogP contribution is 2.28. The van der Waals surface area contributed by atoms with E-state index in [1.807, 2.05) is 17.9 Å². The fourth-order valence-corrected chi connectivity index (χ4v) is 5.10. The number of likely N-dealkylation sites (tertiary alicyclic amines) is 1. The van der Waals surface area contributed by atoms with E-state index in [4.69, 9.17) is 0 Å². The Morgan fingerprint density at radius 2 is 1.17 bits per heavy atom. The minimum Gasteiger partial charge on any atom is -0.320 e. The van der Waals surface area contributed by atoms with Crippen molar-refractivity contribution >= 4 is 0 Å². The molecule has 0 unspecified atom stereocenters. The van der Waals surface area contributed by atoms with Crippen LogP contribution in [0.3, 0.4) is 0 Å². The van der Waals surface area contributed by atoms with Crippen molar-refractivity contribution in [2.75, 3.05) is 39.3 Å². The minimum absolute atomic E-state index is 0.607. The van der Waals surface area contributed by atoms with Gasteiger partial charge >= 0.3 is 0 Å². The summed E-state index contributed by atoms with van der Waals surface area (Å²) >= 11 is 0. The monoisotopic (exact) mass is 415 g/mol. The second-order valence-corrected chi connectivity index (χ2v) is 8.92. The summed E-state index contributed by atoms with van der Waals surface area (Å²) in [5.74, 6) is 3.52. The summed E-state index contributed by atoms with van der Waals surface area (Å²) in [5, 5.41) is 23.1. The van der Waals surface area contributed by atoms with Crippen LogP contribution in [-0.2, 0) is 14.1 Å². The standard InChI is InChI=1S/C13H23N5.C8H14N4/c1-17-10-15-16-13(17)11-4-8-18(9-5-11)12-2-6-14-7-3-12;1-12-6-10-11-8(12)7-2-4-9-5-3-7/h10-12,14H,2-9H2,1H3;6-7,9H,2-5H2,1H3. The second-order valence-electron chi connectivity index (χ2n) is 8.92. The molecule has 0 atom stereocenters. The summed E-state index contributed by atoms with van der Waals surface area (Å²) in [6.07, 6.45) is 11.1. The third-order valence-corrected chi connectivity index (χ3v) is 6.92. The Morgan fingerprint density at radius 1 is 0.700 bits per heavy atom. The molecule has 3 fully saturated rings. The number of aryl methyl sites for hydroxylation is 2. The van der Waals surface area contributed by atoms with Crippen molar-refractivity contribution in [1.82, 2.24) is 45.1 Å². The summed E-state index contributed by atoms with van der Waals surface area (Å²) in [4.78, 5) is 2.69. The molecule has 5 rings (SSSR count). The predicted octanol–water partition coefficient (Wildman–Crippen LogP) is 1.03. The molecule has 5 heterocycles. The van der Waals surface area contributed by atoms with Crippen molar-refractivity contribution in [3.05, 3.63) is 24.3 Å². The molecule has 0 spiro atoms. The van der Waals surface area contributed by atoms with Gasteiger partial charge in [-0.05, 0) is 77.8 Å². The van der Waals surface area contributed by atoms with Gasteiger partial charge in [-0.2, -0.15) is 0 Å². The van der Waals surface area contributed by atoms with E-state index >= 15 is 0 Å². The van der Waals surface area contributed by atoms with Crippen molar-refractivity contribution in [3.63, 3.8) is 0 Å². The minimum atomic E-state index is 0.607. The molecule has 0 aliphatic carbocycles. The summed E-state index contributed by atoms with van der Waals surface area (Å²) in [7, 11) is 4.06. The lowest BCUT2D eigenvalue weighted by Gasteiger charge is -2.39. The van der Waals surface area contributed by atoms with E-state index < -0.39 is 0 Å². The average molecular weight is 416 g/mol. The van der Waals surface area contributed by atoms with Crippen LogP contribution in [0.2, 0.25) is 0 Å². The van der Waals surface area contributed by atoms with Gasteiger partial charge in [0.25, 0.3) is 0 Å². The summed E-state index contributed by atoms with van der Waals surface area (Å²) in [6.45, 7) is 7.04. The lowest BCUT2D eigenvalue weighted by molar-refractivity contribution is 0.125. The number of piperidine rings is 3. The lowest BCUT2D eigenvalue weighted by atomic mass is 9.93. The molecule has 0 aromatic carbocycles. The van der Waals surface area contributed by atoms with Gasteiger partial charge in [-0.3, -0.25) is 0 Å². The van der Waals surface area contributed by atoms with Crippen LogP contribution in [0.25, 0.3) is 0 Å². The van der Waals surface area contributed by atoms with Crippen molar-refractivity contribution in [3.8, 4) is 0 Å². The molecule has 0 saturated carbocycles. The second kappa shape index (κ2) is 10.5. The molecule has 9 heteroatoms. The van der Waals surface area contributed by atoms with Gasteiger partial charge in [0.2, 0.25) is 0 Å². The van der Waals surface area contributed by atoms with Crippen LogP contribution < -0.4 is 10.6 Å². The Bertz CT molecular complexity index is 750. The molecule has 0 bridgehead atoms. The fourth-order valence-electron chi connectivity index (χ4n) is 5.10. The van der Waals surface area contributed by atoms with Gasteiger partial charge in [-0.1, -0.05) is 0 Å². The van der Waals surface area contributed by atoms with Gasteiger partial charge in [0, 0.05) is 32.0 Å². The number of hydrogen-bond donors (Lipinski definition) is 2. The van der Waals surface area contributed by atoms with Gasteiger partial charge in [0.1, 0.15) is 24.3 Å². The maximum absolute atomic E-state index is 4.26. The highest BCUT2D eigenvalue weighted by molar-refractivity contribution is 4.99. The largest absolute Gasteiger partial charge is 0.320 e. The molecule has 3 aliphatic heterocycles. The summed E-state index contributed by atoms with van der Waals surface area (Å²) < 4.78 is 4.10. The Morgan fingerprint density at radius 3 is 1.63 bits per heavy atom. The van der Waals surface area contributed by atoms with Crippen LogP contribution in [0.5, 0.6) is 0 Å². The van der Waals surface area contributed by atoms with Gasteiger partial charge in [-0.25, -0.2) is 0 Å². The Balaban J connectivity index is 0.000000158. The molecule has 30 heavy (non-hydrogen) atoms. The van der Waals surface area contributed by atoms with Crippen LogP contribution in [0.4, 0.5) is 0 Å². The SMILES string of the molecule is Cn1cnnc1C1CCN(C2CCNCC2)CC1.Cn1cnnc1C1CCNCC1. The maximum Gasteiger partial charge on any atom is 0.135 e. The van der Waals surface area contributed by atoms with E-state index in [1.54, 1.807) is 6.33 Å². The molecule has 2 N–H and O–H groups in total. The van der Waals surface area contributed by atoms with E-state index in [1.165, 1.54) is 70.5 Å².